The Morgan fingerprint density at radius 3 is 1.37 bits per heavy atom. The van der Waals surface area contributed by atoms with E-state index in [1.165, 1.54) is 64.2 Å². The summed E-state index contributed by atoms with van der Waals surface area (Å²) in [5.74, 6) is -1.36. The highest BCUT2D eigenvalue weighted by atomic mass is 31.2. The molecule has 0 bridgehead atoms. The molecule has 0 amide bonds. The van der Waals surface area contributed by atoms with Crippen molar-refractivity contribution in [1.82, 2.24) is 0 Å². The van der Waals surface area contributed by atoms with Crippen LogP contribution in [0.4, 0.5) is 0 Å². The molecule has 0 aromatic rings. The molecule has 1 saturated carbocycles. The van der Waals surface area contributed by atoms with Gasteiger partial charge in [0.15, 0.2) is 6.10 Å². The number of phosphoric ester groups is 3. The van der Waals surface area contributed by atoms with Crippen LogP contribution in [-0.4, -0.2) is 108 Å². The second kappa shape index (κ2) is 37.0. The summed E-state index contributed by atoms with van der Waals surface area (Å²) in [6.07, 6.45) is 22.8. The van der Waals surface area contributed by atoms with Crippen LogP contribution in [0.2, 0.25) is 0 Å². The number of aliphatic hydroxyl groups excluding tert-OH is 3. The minimum absolute atomic E-state index is 0.0701. The van der Waals surface area contributed by atoms with E-state index >= 15 is 0 Å². The molecule has 0 saturated heterocycles. The Morgan fingerprint density at radius 2 is 0.896 bits per heavy atom. The Balaban J connectivity index is 2.77. The molecule has 0 spiro atoms. The zero-order valence-electron chi connectivity index (χ0n) is 39.5. The van der Waals surface area contributed by atoms with E-state index in [1.54, 1.807) is 0 Å². The Bertz CT molecular complexity index is 1590. The topological polar surface area (TPSA) is 303 Å². The van der Waals surface area contributed by atoms with E-state index in [1.807, 2.05) is 18.2 Å². The van der Waals surface area contributed by atoms with Crippen molar-refractivity contribution in [3.05, 3.63) is 48.6 Å². The third kappa shape index (κ3) is 33.4. The van der Waals surface area contributed by atoms with Gasteiger partial charge in [-0.15, -0.1) is 0 Å². The maximum Gasteiger partial charge on any atom is 0.472 e. The standard InChI is InChI=1S/C45H81O19P3/c1-3-5-7-9-11-13-15-17-19-21-23-25-27-29-31-33-38(46)59-35-37(61-39(47)34-32-30-28-26-24-22-20-18-16-14-12-10-8-6-4-2)36-60-67(57,58)64-43-40(48)41(49)44(62-65(51,52)53)45(42(43)50)63-66(54,55)56/h8,10,14,16,20,22,26,28,37,40-45,48-50H,3-7,9,11-13,15,17-19,21,23-25,27,29-36H2,1-2H3,(H,57,58)(H2,51,52,53)(H2,54,55,56)/b10-8-,16-14-,22-20-,28-26-. The van der Waals surface area contributed by atoms with E-state index in [0.717, 1.165) is 51.4 Å². The van der Waals surface area contributed by atoms with Gasteiger partial charge in [0.05, 0.1) is 6.61 Å². The highest BCUT2D eigenvalue weighted by Crippen LogP contribution is 2.51. The van der Waals surface area contributed by atoms with Crippen LogP contribution in [-0.2, 0) is 50.9 Å². The van der Waals surface area contributed by atoms with Crippen LogP contribution in [0, 0.1) is 0 Å². The minimum atomic E-state index is -5.61. The fourth-order valence-corrected chi connectivity index (χ4v) is 9.15. The van der Waals surface area contributed by atoms with Gasteiger partial charge in [0.2, 0.25) is 0 Å². The summed E-state index contributed by atoms with van der Waals surface area (Å²) in [6, 6.07) is 0. The molecule has 67 heavy (non-hydrogen) atoms. The predicted molar refractivity (Wildman–Crippen MR) is 252 cm³/mol. The number of unbranched alkanes of at least 4 members (excludes halogenated alkanes) is 16. The molecular weight excluding hydrogens is 937 g/mol. The summed E-state index contributed by atoms with van der Waals surface area (Å²) in [5, 5.41) is 31.9. The highest BCUT2D eigenvalue weighted by molar-refractivity contribution is 7.47. The molecule has 0 aromatic carbocycles. The number of hydrogen-bond donors (Lipinski definition) is 8. The lowest BCUT2D eigenvalue weighted by Gasteiger charge is -2.44. The highest BCUT2D eigenvalue weighted by Gasteiger charge is 2.56. The zero-order valence-corrected chi connectivity index (χ0v) is 42.1. The molecule has 8 N–H and O–H groups in total. The molecular formula is C45H81O19P3. The van der Waals surface area contributed by atoms with Crippen LogP contribution < -0.4 is 0 Å². The maximum absolute atomic E-state index is 13.1. The summed E-state index contributed by atoms with van der Waals surface area (Å²) >= 11 is 0. The van der Waals surface area contributed by atoms with Crippen molar-refractivity contribution in [2.45, 2.75) is 211 Å². The van der Waals surface area contributed by atoms with E-state index in [-0.39, 0.29) is 12.8 Å². The number of allylic oxidation sites excluding steroid dienone is 8. The molecule has 22 heteroatoms. The van der Waals surface area contributed by atoms with E-state index in [2.05, 4.69) is 53.3 Å². The number of rotatable bonds is 40. The Labute approximate surface area is 397 Å². The second-order valence-corrected chi connectivity index (χ2v) is 20.5. The van der Waals surface area contributed by atoms with E-state index in [4.69, 9.17) is 18.5 Å². The first kappa shape index (κ1) is 63.1. The van der Waals surface area contributed by atoms with E-state index in [9.17, 15) is 63.1 Å². The van der Waals surface area contributed by atoms with Gasteiger partial charge in [0.25, 0.3) is 0 Å². The number of carbonyl (C=O) groups is 2. The molecule has 1 aliphatic carbocycles. The van der Waals surface area contributed by atoms with Crippen molar-refractivity contribution in [1.29, 1.82) is 0 Å². The van der Waals surface area contributed by atoms with Crippen molar-refractivity contribution in [2.24, 2.45) is 0 Å². The molecule has 1 aliphatic rings. The van der Waals surface area contributed by atoms with Crippen LogP contribution in [0.5, 0.6) is 0 Å². The molecule has 0 heterocycles. The van der Waals surface area contributed by atoms with Gasteiger partial charge in [-0.1, -0.05) is 159 Å². The molecule has 1 rings (SSSR count). The average molecular weight is 1020 g/mol. The lowest BCUT2D eigenvalue weighted by molar-refractivity contribution is -0.213. The largest absolute Gasteiger partial charge is 0.472 e. The van der Waals surface area contributed by atoms with E-state index < -0.39 is 91.3 Å². The molecule has 1 fully saturated rings. The zero-order chi connectivity index (χ0) is 50.0. The fourth-order valence-electron chi connectivity index (χ4n) is 7.05. The number of ether oxygens (including phenoxy) is 2. The smallest absolute Gasteiger partial charge is 0.462 e. The molecule has 8 atom stereocenters. The maximum atomic E-state index is 13.1. The van der Waals surface area contributed by atoms with Gasteiger partial charge in [-0.25, -0.2) is 13.7 Å². The van der Waals surface area contributed by atoms with Crippen molar-refractivity contribution in [3.63, 3.8) is 0 Å². The van der Waals surface area contributed by atoms with E-state index in [0.29, 0.717) is 25.7 Å². The van der Waals surface area contributed by atoms with Crippen molar-refractivity contribution in [3.8, 4) is 0 Å². The summed E-state index contributed by atoms with van der Waals surface area (Å²) in [7, 11) is -16.6. The Morgan fingerprint density at radius 1 is 0.478 bits per heavy atom. The Kier molecular flexibility index (Phi) is 34.8. The van der Waals surface area contributed by atoms with Crippen LogP contribution in [0.15, 0.2) is 48.6 Å². The Hall–Kier alpha value is -1.89. The quantitative estimate of drug-likeness (QED) is 0.0123. The third-order valence-electron chi connectivity index (χ3n) is 10.6. The van der Waals surface area contributed by atoms with Crippen LogP contribution in [0.1, 0.15) is 168 Å². The molecule has 8 unspecified atom stereocenters. The lowest BCUT2D eigenvalue weighted by atomic mass is 9.85. The summed E-state index contributed by atoms with van der Waals surface area (Å²) in [6.45, 7) is 2.83. The average Bonchev–Trinajstić information content (AvgIpc) is 3.25. The van der Waals surface area contributed by atoms with Gasteiger partial charge in [-0.2, -0.15) is 0 Å². The first-order valence-electron chi connectivity index (χ1n) is 23.9. The monoisotopic (exact) mass is 1020 g/mol. The number of phosphoric acid groups is 3. The number of carbonyl (C=O) groups excluding carboxylic acids is 2. The van der Waals surface area contributed by atoms with Crippen LogP contribution >= 0.6 is 23.5 Å². The fraction of sp³-hybridized carbons (Fsp3) is 0.778. The number of esters is 2. The molecule has 0 aliphatic heterocycles. The molecule has 19 nitrogen and oxygen atoms in total. The second-order valence-electron chi connectivity index (χ2n) is 16.7. The van der Waals surface area contributed by atoms with Crippen LogP contribution in [0.3, 0.4) is 0 Å². The van der Waals surface area contributed by atoms with Crippen LogP contribution in [0.25, 0.3) is 0 Å². The minimum Gasteiger partial charge on any atom is -0.462 e. The lowest BCUT2D eigenvalue weighted by Crippen LogP contribution is -2.65. The summed E-state index contributed by atoms with van der Waals surface area (Å²) in [4.78, 5) is 73.2. The molecule has 390 valence electrons. The van der Waals surface area contributed by atoms with Gasteiger partial charge in [0, 0.05) is 12.8 Å². The first-order valence-corrected chi connectivity index (χ1v) is 28.5. The first-order chi connectivity index (χ1) is 31.8. The van der Waals surface area contributed by atoms with Crippen molar-refractivity contribution in [2.75, 3.05) is 13.2 Å². The van der Waals surface area contributed by atoms with Gasteiger partial charge < -0.3 is 49.3 Å². The van der Waals surface area contributed by atoms with Gasteiger partial charge >= 0.3 is 35.4 Å². The van der Waals surface area contributed by atoms with Crippen molar-refractivity contribution >= 4 is 35.4 Å². The third-order valence-corrected chi connectivity index (χ3v) is 12.6. The predicted octanol–water partition coefficient (Wildman–Crippen LogP) is 8.62. The number of hydrogen-bond acceptors (Lipinski definition) is 14. The molecule has 0 radical (unpaired) electrons. The molecule has 0 aromatic heterocycles. The van der Waals surface area contributed by atoms with Crippen molar-refractivity contribution < 1.29 is 90.6 Å². The van der Waals surface area contributed by atoms with Gasteiger partial charge in [0.1, 0.15) is 43.2 Å². The summed E-state index contributed by atoms with van der Waals surface area (Å²) in [5.41, 5.74) is 0. The van der Waals surface area contributed by atoms with Gasteiger partial charge in [-0.3, -0.25) is 27.7 Å². The number of aliphatic hydroxyl groups is 3. The van der Waals surface area contributed by atoms with Gasteiger partial charge in [-0.05, 0) is 44.9 Å². The normalized spacial score (nSPS) is 22.0. The summed E-state index contributed by atoms with van der Waals surface area (Å²) < 4.78 is 65.4. The SMILES string of the molecule is CCC/C=C\C/C=C\C/C=C\C/C=C\CCCC(=O)OC(COC(=O)CCCCCCCCCCCCCCCCC)COP(=O)(O)OC1C(O)C(O)C(OP(=O)(O)O)C(OP(=O)(O)O)C1O.